The fraction of sp³-hybridized carbons (Fsp3) is 0.625. The summed E-state index contributed by atoms with van der Waals surface area (Å²) in [6, 6.07) is 8.99. The smallest absolute Gasteiger partial charge is 0.0805 e. The van der Waals surface area contributed by atoms with Gasteiger partial charge in [0, 0.05) is 24.8 Å². The maximum Gasteiger partial charge on any atom is 0.0805 e. The fourth-order valence-electron chi connectivity index (χ4n) is 2.87. The third-order valence-corrected chi connectivity index (χ3v) is 3.43. The molecule has 0 radical (unpaired) electrons. The summed E-state index contributed by atoms with van der Waals surface area (Å²) in [5, 5.41) is 0. The van der Waals surface area contributed by atoms with Crippen LogP contribution in [0.3, 0.4) is 0 Å². The van der Waals surface area contributed by atoms with Gasteiger partial charge < -0.3 is 15.4 Å². The standard InChI is InChI=1S/C16H26N2O/c1-12(17)9-14-5-7-15(8-6-14)18-10-13(2)19-16(3,4)11-18/h5-8,12-13H,9-11,17H2,1-4H3. The summed E-state index contributed by atoms with van der Waals surface area (Å²) < 4.78 is 5.94. The van der Waals surface area contributed by atoms with Crippen LogP contribution in [0.5, 0.6) is 0 Å². The molecule has 19 heavy (non-hydrogen) atoms. The molecule has 0 spiro atoms. The monoisotopic (exact) mass is 262 g/mol. The Labute approximate surface area is 116 Å². The summed E-state index contributed by atoms with van der Waals surface area (Å²) in [7, 11) is 0. The molecule has 106 valence electrons. The van der Waals surface area contributed by atoms with Gasteiger partial charge in [-0.3, -0.25) is 0 Å². The number of anilines is 1. The maximum absolute atomic E-state index is 5.94. The Bertz CT molecular complexity index is 411. The molecule has 2 unspecified atom stereocenters. The second kappa shape index (κ2) is 5.51. The van der Waals surface area contributed by atoms with Crippen molar-refractivity contribution in [2.24, 2.45) is 5.73 Å². The van der Waals surface area contributed by atoms with E-state index in [0.717, 1.165) is 19.5 Å². The van der Waals surface area contributed by atoms with Gasteiger partial charge in [0.25, 0.3) is 0 Å². The van der Waals surface area contributed by atoms with Crippen molar-refractivity contribution in [3.05, 3.63) is 29.8 Å². The summed E-state index contributed by atoms with van der Waals surface area (Å²) in [5.41, 5.74) is 8.33. The number of ether oxygens (including phenoxy) is 1. The Morgan fingerprint density at radius 2 is 2.00 bits per heavy atom. The van der Waals surface area contributed by atoms with Gasteiger partial charge in [-0.2, -0.15) is 0 Å². The first kappa shape index (κ1) is 14.4. The first-order valence-corrected chi connectivity index (χ1v) is 7.13. The third kappa shape index (κ3) is 3.95. The van der Waals surface area contributed by atoms with E-state index in [1.807, 2.05) is 6.92 Å². The molecule has 1 aromatic carbocycles. The number of hydrogen-bond acceptors (Lipinski definition) is 3. The van der Waals surface area contributed by atoms with Crippen LogP contribution in [0.15, 0.2) is 24.3 Å². The molecule has 2 atom stereocenters. The number of benzene rings is 1. The lowest BCUT2D eigenvalue weighted by Gasteiger charge is -2.43. The normalized spacial score (nSPS) is 24.3. The fourth-order valence-corrected chi connectivity index (χ4v) is 2.87. The Kier molecular flexibility index (Phi) is 4.16. The van der Waals surface area contributed by atoms with Crippen LogP contribution in [-0.4, -0.2) is 30.8 Å². The van der Waals surface area contributed by atoms with Crippen LogP contribution >= 0.6 is 0 Å². The van der Waals surface area contributed by atoms with Crippen LogP contribution in [0.1, 0.15) is 33.3 Å². The Balaban J connectivity index is 2.09. The topological polar surface area (TPSA) is 38.5 Å². The second-order valence-corrected chi connectivity index (χ2v) is 6.42. The Morgan fingerprint density at radius 3 is 2.53 bits per heavy atom. The first-order valence-electron chi connectivity index (χ1n) is 7.13. The molecule has 0 bridgehead atoms. The van der Waals surface area contributed by atoms with Gasteiger partial charge in [0.2, 0.25) is 0 Å². The molecule has 0 aliphatic carbocycles. The number of rotatable bonds is 3. The molecule has 0 amide bonds. The van der Waals surface area contributed by atoms with E-state index in [4.69, 9.17) is 10.5 Å². The molecule has 1 fully saturated rings. The number of nitrogens with zero attached hydrogens (tertiary/aromatic N) is 1. The van der Waals surface area contributed by atoms with Crippen LogP contribution in [0, 0.1) is 0 Å². The minimum absolute atomic E-state index is 0.0812. The molecule has 1 aliphatic rings. The largest absolute Gasteiger partial charge is 0.369 e. The van der Waals surface area contributed by atoms with E-state index in [0.29, 0.717) is 0 Å². The average molecular weight is 262 g/mol. The maximum atomic E-state index is 5.94. The lowest BCUT2D eigenvalue weighted by atomic mass is 10.0. The number of nitrogens with two attached hydrogens (primary N) is 1. The van der Waals surface area contributed by atoms with Gasteiger partial charge in [0.05, 0.1) is 11.7 Å². The zero-order chi connectivity index (χ0) is 14.0. The van der Waals surface area contributed by atoms with Crippen molar-refractivity contribution in [2.75, 3.05) is 18.0 Å². The van der Waals surface area contributed by atoms with E-state index in [9.17, 15) is 0 Å². The highest BCUT2D eigenvalue weighted by Crippen LogP contribution is 2.26. The molecule has 3 heteroatoms. The van der Waals surface area contributed by atoms with E-state index in [1.54, 1.807) is 0 Å². The molecule has 3 nitrogen and oxygen atoms in total. The molecule has 0 saturated carbocycles. The molecular formula is C16H26N2O. The Morgan fingerprint density at radius 1 is 1.37 bits per heavy atom. The zero-order valence-corrected chi connectivity index (χ0v) is 12.5. The summed E-state index contributed by atoms with van der Waals surface area (Å²) >= 11 is 0. The van der Waals surface area contributed by atoms with Crippen LogP contribution in [0.4, 0.5) is 5.69 Å². The predicted molar refractivity (Wildman–Crippen MR) is 80.6 cm³/mol. The summed E-state index contributed by atoms with van der Waals surface area (Å²) in [6.07, 6.45) is 1.21. The van der Waals surface area contributed by atoms with Gasteiger partial charge in [-0.05, 0) is 51.8 Å². The molecule has 1 aliphatic heterocycles. The van der Waals surface area contributed by atoms with E-state index in [-0.39, 0.29) is 17.7 Å². The van der Waals surface area contributed by atoms with Crippen molar-refractivity contribution in [2.45, 2.75) is 51.9 Å². The van der Waals surface area contributed by atoms with Crippen molar-refractivity contribution < 1.29 is 4.74 Å². The molecule has 0 aromatic heterocycles. The number of morpholine rings is 1. The van der Waals surface area contributed by atoms with Crippen LogP contribution in [0.25, 0.3) is 0 Å². The van der Waals surface area contributed by atoms with Crippen LogP contribution in [-0.2, 0) is 11.2 Å². The Hall–Kier alpha value is -1.06. The summed E-state index contributed by atoms with van der Waals surface area (Å²) in [4.78, 5) is 2.41. The van der Waals surface area contributed by atoms with Gasteiger partial charge in [0.1, 0.15) is 0 Å². The average Bonchev–Trinajstić information content (AvgIpc) is 2.26. The SMILES string of the molecule is CC(N)Cc1ccc(N2CC(C)OC(C)(C)C2)cc1. The highest BCUT2D eigenvalue weighted by molar-refractivity contribution is 5.48. The molecule has 2 N–H and O–H groups in total. The summed E-state index contributed by atoms with van der Waals surface area (Å²) in [5.74, 6) is 0. The van der Waals surface area contributed by atoms with Gasteiger partial charge >= 0.3 is 0 Å². The first-order chi connectivity index (χ1) is 8.85. The van der Waals surface area contributed by atoms with Gasteiger partial charge in [-0.1, -0.05) is 12.1 Å². The highest BCUT2D eigenvalue weighted by Gasteiger charge is 2.31. The van der Waals surface area contributed by atoms with E-state index >= 15 is 0 Å². The van der Waals surface area contributed by atoms with Crippen molar-refractivity contribution in [3.8, 4) is 0 Å². The quantitative estimate of drug-likeness (QED) is 0.910. The predicted octanol–water partition coefficient (Wildman–Crippen LogP) is 2.58. The van der Waals surface area contributed by atoms with Crippen LogP contribution < -0.4 is 10.6 Å². The van der Waals surface area contributed by atoms with Gasteiger partial charge in [-0.15, -0.1) is 0 Å². The molecular weight excluding hydrogens is 236 g/mol. The van der Waals surface area contributed by atoms with Gasteiger partial charge in [-0.25, -0.2) is 0 Å². The van der Waals surface area contributed by atoms with E-state index in [1.165, 1.54) is 11.3 Å². The minimum atomic E-state index is -0.0812. The van der Waals surface area contributed by atoms with Crippen LogP contribution in [0.2, 0.25) is 0 Å². The molecule has 1 saturated heterocycles. The molecule has 2 rings (SSSR count). The summed E-state index contributed by atoms with van der Waals surface area (Å²) in [6.45, 7) is 10.4. The minimum Gasteiger partial charge on any atom is -0.369 e. The lowest BCUT2D eigenvalue weighted by Crippen LogP contribution is -2.52. The molecule has 1 heterocycles. The van der Waals surface area contributed by atoms with Crippen molar-refractivity contribution in [1.82, 2.24) is 0 Å². The van der Waals surface area contributed by atoms with E-state index < -0.39 is 0 Å². The van der Waals surface area contributed by atoms with E-state index in [2.05, 4.69) is 49.9 Å². The highest BCUT2D eigenvalue weighted by atomic mass is 16.5. The molecule has 1 aromatic rings. The zero-order valence-electron chi connectivity index (χ0n) is 12.5. The van der Waals surface area contributed by atoms with Crippen molar-refractivity contribution in [3.63, 3.8) is 0 Å². The van der Waals surface area contributed by atoms with Crippen molar-refractivity contribution in [1.29, 1.82) is 0 Å². The lowest BCUT2D eigenvalue weighted by molar-refractivity contribution is -0.0749. The second-order valence-electron chi connectivity index (χ2n) is 6.42. The van der Waals surface area contributed by atoms with Crippen molar-refractivity contribution >= 4 is 5.69 Å². The third-order valence-electron chi connectivity index (χ3n) is 3.43. The number of hydrogen-bond donors (Lipinski definition) is 1. The van der Waals surface area contributed by atoms with Gasteiger partial charge in [0.15, 0.2) is 0 Å².